The van der Waals surface area contributed by atoms with Crippen molar-refractivity contribution in [1.29, 1.82) is 0 Å². The Morgan fingerprint density at radius 2 is 1.83 bits per heavy atom. The summed E-state index contributed by atoms with van der Waals surface area (Å²) in [5.41, 5.74) is 2.35. The van der Waals surface area contributed by atoms with Crippen LogP contribution in [0.3, 0.4) is 0 Å². The Bertz CT molecular complexity index is 594. The molecule has 0 unspecified atom stereocenters. The van der Waals surface area contributed by atoms with Crippen molar-refractivity contribution in [3.8, 4) is 16.9 Å². The second kappa shape index (κ2) is 8.83. The molecule has 0 radical (unpaired) electrons. The summed E-state index contributed by atoms with van der Waals surface area (Å²) in [6.45, 7) is 2.75. The van der Waals surface area contributed by atoms with Crippen LogP contribution in [-0.4, -0.2) is 43.6 Å². The third-order valence-corrected chi connectivity index (χ3v) is 4.30. The summed E-state index contributed by atoms with van der Waals surface area (Å²) < 4.78 is 11.2. The molecule has 0 spiro atoms. The molecule has 3 N–H and O–H groups in total. The molecule has 3 rings (SSSR count). The normalized spacial score (nSPS) is 18.5. The van der Waals surface area contributed by atoms with Crippen LogP contribution in [0, 0.1) is 0 Å². The van der Waals surface area contributed by atoms with Crippen molar-refractivity contribution in [3.05, 3.63) is 54.6 Å². The van der Waals surface area contributed by atoms with E-state index in [0.717, 1.165) is 37.3 Å². The third-order valence-electron chi connectivity index (χ3n) is 4.30. The van der Waals surface area contributed by atoms with E-state index in [9.17, 15) is 5.11 Å². The van der Waals surface area contributed by atoms with Crippen LogP contribution in [0.2, 0.25) is 0 Å². The summed E-state index contributed by atoms with van der Waals surface area (Å²) in [5.74, 6) is 0.785. The van der Waals surface area contributed by atoms with Gasteiger partial charge in [-0.25, -0.2) is 0 Å². The summed E-state index contributed by atoms with van der Waals surface area (Å²) in [6.07, 6.45) is 2.17. The average molecular weight is 328 g/mol. The first kappa shape index (κ1) is 17.0. The van der Waals surface area contributed by atoms with Crippen molar-refractivity contribution < 1.29 is 19.9 Å². The van der Waals surface area contributed by atoms with Gasteiger partial charge >= 0.3 is 0 Å². The van der Waals surface area contributed by atoms with Crippen LogP contribution < -0.4 is 10.1 Å². The predicted octanol–water partition coefficient (Wildman–Crippen LogP) is 1.84. The van der Waals surface area contributed by atoms with Crippen LogP contribution in [0.4, 0.5) is 0 Å². The summed E-state index contributed by atoms with van der Waals surface area (Å²) >= 11 is 0. The lowest BCUT2D eigenvalue weighted by Crippen LogP contribution is -2.88. The minimum Gasteiger partial charge on any atom is -0.491 e. The standard InChI is InChI=1S/C20H25NO3/c22-18(13-21-14-20-7-4-12-23-20)15-24-19-10-8-17(9-11-19)16-5-2-1-3-6-16/h1-3,5-6,8-11,18,20-22H,4,7,12-15H2/p+1/t18-,20+/m1/s1. The van der Waals surface area contributed by atoms with Crippen molar-refractivity contribution in [3.63, 3.8) is 0 Å². The van der Waals surface area contributed by atoms with E-state index in [1.165, 1.54) is 5.56 Å². The number of rotatable bonds is 8. The van der Waals surface area contributed by atoms with Gasteiger partial charge in [-0.3, -0.25) is 0 Å². The fraction of sp³-hybridized carbons (Fsp3) is 0.400. The molecule has 24 heavy (non-hydrogen) atoms. The molecular formula is C20H26NO3+. The molecule has 2 aromatic rings. The highest BCUT2D eigenvalue weighted by Crippen LogP contribution is 2.22. The van der Waals surface area contributed by atoms with Gasteiger partial charge in [0, 0.05) is 6.61 Å². The number of hydrogen-bond donors (Lipinski definition) is 2. The van der Waals surface area contributed by atoms with E-state index in [2.05, 4.69) is 17.4 Å². The van der Waals surface area contributed by atoms with Gasteiger partial charge in [0.25, 0.3) is 0 Å². The van der Waals surface area contributed by atoms with Crippen LogP contribution in [0.15, 0.2) is 54.6 Å². The van der Waals surface area contributed by atoms with Crippen molar-refractivity contribution in [2.45, 2.75) is 25.0 Å². The zero-order chi connectivity index (χ0) is 16.6. The van der Waals surface area contributed by atoms with Gasteiger partial charge in [0.1, 0.15) is 37.7 Å². The summed E-state index contributed by atoms with van der Waals surface area (Å²) in [7, 11) is 0. The Balaban J connectivity index is 1.39. The zero-order valence-corrected chi connectivity index (χ0v) is 13.9. The minimum absolute atomic E-state index is 0.312. The van der Waals surface area contributed by atoms with Gasteiger partial charge in [-0.1, -0.05) is 42.5 Å². The van der Waals surface area contributed by atoms with Crippen LogP contribution in [0.1, 0.15) is 12.8 Å². The average Bonchev–Trinajstić information content (AvgIpc) is 3.15. The van der Waals surface area contributed by atoms with E-state index in [1.807, 2.05) is 42.5 Å². The quantitative estimate of drug-likeness (QED) is 0.777. The van der Waals surface area contributed by atoms with Crippen molar-refractivity contribution >= 4 is 0 Å². The maximum absolute atomic E-state index is 10.0. The number of benzene rings is 2. The first-order chi connectivity index (χ1) is 11.8. The molecule has 0 saturated carbocycles. The summed E-state index contributed by atoms with van der Waals surface area (Å²) in [4.78, 5) is 0. The van der Waals surface area contributed by atoms with Gasteiger partial charge in [0.15, 0.2) is 0 Å². The van der Waals surface area contributed by atoms with Crippen LogP contribution in [-0.2, 0) is 4.74 Å². The molecule has 1 saturated heterocycles. The molecule has 0 amide bonds. The Kier molecular flexibility index (Phi) is 6.24. The van der Waals surface area contributed by atoms with Gasteiger partial charge in [-0.2, -0.15) is 0 Å². The van der Waals surface area contributed by atoms with Crippen molar-refractivity contribution in [2.75, 3.05) is 26.3 Å². The second-order valence-electron chi connectivity index (χ2n) is 6.25. The molecule has 128 valence electrons. The lowest BCUT2D eigenvalue weighted by molar-refractivity contribution is -0.666. The fourth-order valence-electron chi connectivity index (χ4n) is 2.94. The molecule has 1 fully saturated rings. The van der Waals surface area contributed by atoms with Gasteiger partial charge in [-0.15, -0.1) is 0 Å². The second-order valence-corrected chi connectivity index (χ2v) is 6.25. The Hall–Kier alpha value is -1.88. The topological polar surface area (TPSA) is 55.3 Å². The maximum Gasteiger partial charge on any atom is 0.137 e. The van der Waals surface area contributed by atoms with Crippen molar-refractivity contribution in [2.24, 2.45) is 0 Å². The highest BCUT2D eigenvalue weighted by Gasteiger charge is 2.17. The molecule has 1 aliphatic rings. The number of quaternary nitrogens is 1. The van der Waals surface area contributed by atoms with Crippen LogP contribution >= 0.6 is 0 Å². The van der Waals surface area contributed by atoms with E-state index in [0.29, 0.717) is 19.3 Å². The Morgan fingerprint density at radius 3 is 2.54 bits per heavy atom. The molecule has 4 heteroatoms. The SMILES string of the molecule is O[C@H](C[NH2+]C[C@@H]1CCCO1)COc1ccc(-c2ccccc2)cc1. The monoisotopic (exact) mass is 328 g/mol. The number of ether oxygens (including phenoxy) is 2. The molecule has 0 aromatic heterocycles. The highest BCUT2D eigenvalue weighted by molar-refractivity contribution is 5.63. The lowest BCUT2D eigenvalue weighted by atomic mass is 10.1. The number of nitrogens with two attached hydrogens (primary N) is 1. The van der Waals surface area contributed by atoms with Gasteiger partial charge < -0.3 is 19.9 Å². The molecule has 4 nitrogen and oxygen atoms in total. The lowest BCUT2D eigenvalue weighted by Gasteiger charge is -2.13. The smallest absolute Gasteiger partial charge is 0.137 e. The largest absolute Gasteiger partial charge is 0.491 e. The van der Waals surface area contributed by atoms with E-state index >= 15 is 0 Å². The van der Waals surface area contributed by atoms with Gasteiger partial charge in [0.2, 0.25) is 0 Å². The molecular weight excluding hydrogens is 302 g/mol. The van der Waals surface area contributed by atoms with E-state index in [1.54, 1.807) is 0 Å². The molecule has 2 aromatic carbocycles. The van der Waals surface area contributed by atoms with Crippen molar-refractivity contribution in [1.82, 2.24) is 0 Å². The summed E-state index contributed by atoms with van der Waals surface area (Å²) in [6, 6.07) is 18.2. The fourth-order valence-corrected chi connectivity index (χ4v) is 2.94. The number of hydrogen-bond acceptors (Lipinski definition) is 3. The Morgan fingerprint density at radius 1 is 1.08 bits per heavy atom. The predicted molar refractivity (Wildman–Crippen MR) is 94.0 cm³/mol. The first-order valence-electron chi connectivity index (χ1n) is 8.71. The van der Waals surface area contributed by atoms with Crippen LogP contribution in [0.5, 0.6) is 5.75 Å². The first-order valence-corrected chi connectivity index (χ1v) is 8.71. The molecule has 0 bridgehead atoms. The maximum atomic E-state index is 10.0. The van der Waals surface area contributed by atoms with Gasteiger partial charge in [0.05, 0.1) is 0 Å². The number of aliphatic hydroxyl groups is 1. The van der Waals surface area contributed by atoms with E-state index < -0.39 is 6.10 Å². The molecule has 2 atom stereocenters. The highest BCUT2D eigenvalue weighted by atomic mass is 16.5. The minimum atomic E-state index is -0.472. The summed E-state index contributed by atoms with van der Waals surface area (Å²) in [5, 5.41) is 12.1. The molecule has 0 aliphatic carbocycles. The van der Waals surface area contributed by atoms with E-state index in [-0.39, 0.29) is 0 Å². The number of aliphatic hydroxyl groups excluding tert-OH is 1. The molecule has 1 aliphatic heterocycles. The Labute approximate surface area is 143 Å². The van der Waals surface area contributed by atoms with Crippen LogP contribution in [0.25, 0.3) is 11.1 Å². The zero-order valence-electron chi connectivity index (χ0n) is 13.9. The van der Waals surface area contributed by atoms with E-state index in [4.69, 9.17) is 9.47 Å². The third kappa shape index (κ3) is 5.06. The van der Waals surface area contributed by atoms with Gasteiger partial charge in [-0.05, 0) is 36.1 Å². The molecule has 1 heterocycles.